The summed E-state index contributed by atoms with van der Waals surface area (Å²) in [6.45, 7) is 6.11. The molecule has 1 aliphatic heterocycles. The number of benzene rings is 1. The van der Waals surface area contributed by atoms with Crippen LogP contribution in [0.5, 0.6) is 5.75 Å². The first-order valence-electron chi connectivity index (χ1n) is 8.89. The van der Waals surface area contributed by atoms with E-state index >= 15 is 0 Å². The van der Waals surface area contributed by atoms with Gasteiger partial charge < -0.3 is 14.4 Å². The lowest BCUT2D eigenvalue weighted by molar-refractivity contribution is 0.0985. The van der Waals surface area contributed by atoms with Crippen LogP contribution in [0, 0.1) is 12.7 Å². The van der Waals surface area contributed by atoms with Crippen LogP contribution in [-0.4, -0.2) is 47.9 Å². The van der Waals surface area contributed by atoms with Gasteiger partial charge in [-0.2, -0.15) is 0 Å². The van der Waals surface area contributed by atoms with Crippen molar-refractivity contribution in [2.45, 2.75) is 19.9 Å². The van der Waals surface area contributed by atoms with E-state index in [9.17, 15) is 4.39 Å². The first kappa shape index (κ1) is 17.6. The molecule has 0 amide bonds. The number of morpholine rings is 1. The van der Waals surface area contributed by atoms with E-state index in [4.69, 9.17) is 9.47 Å². The SMILES string of the molecule is COc1cc(N2CCOC[C@H]2C)ncc1-c1nc(C)c2ccc(F)cc2n1. The van der Waals surface area contributed by atoms with Crippen LogP contribution < -0.4 is 9.64 Å². The number of rotatable bonds is 3. The van der Waals surface area contributed by atoms with Crippen LogP contribution in [0.15, 0.2) is 30.5 Å². The Labute approximate surface area is 157 Å². The first-order valence-corrected chi connectivity index (χ1v) is 8.89. The van der Waals surface area contributed by atoms with Crippen LogP contribution in [0.25, 0.3) is 22.3 Å². The van der Waals surface area contributed by atoms with E-state index in [2.05, 4.69) is 26.8 Å². The largest absolute Gasteiger partial charge is 0.496 e. The van der Waals surface area contributed by atoms with Gasteiger partial charge in [-0.3, -0.25) is 0 Å². The molecule has 0 aliphatic carbocycles. The third-order valence-corrected chi connectivity index (χ3v) is 4.82. The van der Waals surface area contributed by atoms with Gasteiger partial charge in [-0.15, -0.1) is 0 Å². The van der Waals surface area contributed by atoms with Crippen molar-refractivity contribution < 1.29 is 13.9 Å². The number of anilines is 1. The minimum atomic E-state index is -0.326. The fourth-order valence-corrected chi connectivity index (χ4v) is 3.37. The van der Waals surface area contributed by atoms with E-state index < -0.39 is 0 Å². The van der Waals surface area contributed by atoms with Gasteiger partial charge in [-0.25, -0.2) is 19.3 Å². The maximum absolute atomic E-state index is 13.6. The summed E-state index contributed by atoms with van der Waals surface area (Å²) in [5.74, 6) is 1.61. The number of nitrogens with zero attached hydrogens (tertiary/aromatic N) is 4. The van der Waals surface area contributed by atoms with Crippen molar-refractivity contribution >= 4 is 16.7 Å². The van der Waals surface area contributed by atoms with Gasteiger partial charge in [0, 0.05) is 36.0 Å². The maximum atomic E-state index is 13.6. The van der Waals surface area contributed by atoms with Crippen molar-refractivity contribution in [1.29, 1.82) is 0 Å². The highest BCUT2D eigenvalue weighted by molar-refractivity contribution is 5.83. The van der Waals surface area contributed by atoms with Gasteiger partial charge in [0.25, 0.3) is 0 Å². The number of aromatic nitrogens is 3. The van der Waals surface area contributed by atoms with Crippen molar-refractivity contribution in [3.63, 3.8) is 0 Å². The van der Waals surface area contributed by atoms with E-state index in [0.717, 1.165) is 23.4 Å². The minimum absolute atomic E-state index is 0.240. The highest BCUT2D eigenvalue weighted by Gasteiger charge is 2.22. The molecule has 1 atom stereocenters. The summed E-state index contributed by atoms with van der Waals surface area (Å²) in [6, 6.07) is 6.66. The van der Waals surface area contributed by atoms with Crippen molar-refractivity contribution in [1.82, 2.24) is 15.0 Å². The van der Waals surface area contributed by atoms with E-state index in [0.29, 0.717) is 35.9 Å². The second-order valence-electron chi connectivity index (χ2n) is 6.65. The molecule has 140 valence electrons. The summed E-state index contributed by atoms with van der Waals surface area (Å²) in [6.07, 6.45) is 1.72. The Bertz CT molecular complexity index is 995. The predicted octanol–water partition coefficient (Wildman–Crippen LogP) is 3.37. The van der Waals surface area contributed by atoms with Gasteiger partial charge in [0.1, 0.15) is 17.4 Å². The zero-order valence-corrected chi connectivity index (χ0v) is 15.6. The molecule has 1 fully saturated rings. The number of methoxy groups -OCH3 is 1. The summed E-state index contributed by atoms with van der Waals surface area (Å²) >= 11 is 0. The van der Waals surface area contributed by atoms with Crippen molar-refractivity contribution in [3.05, 3.63) is 42.0 Å². The molecule has 4 rings (SSSR count). The number of ether oxygens (including phenoxy) is 2. The third kappa shape index (κ3) is 3.30. The summed E-state index contributed by atoms with van der Waals surface area (Å²) in [5.41, 5.74) is 2.02. The molecule has 3 aromatic rings. The smallest absolute Gasteiger partial charge is 0.165 e. The number of aryl methyl sites for hydroxylation is 1. The van der Waals surface area contributed by atoms with Gasteiger partial charge >= 0.3 is 0 Å². The highest BCUT2D eigenvalue weighted by Crippen LogP contribution is 2.32. The van der Waals surface area contributed by atoms with Crippen molar-refractivity contribution in [3.8, 4) is 17.1 Å². The lowest BCUT2D eigenvalue weighted by Gasteiger charge is -2.34. The molecular formula is C20H21FN4O2. The Kier molecular flexibility index (Phi) is 4.61. The van der Waals surface area contributed by atoms with Gasteiger partial charge in [0.15, 0.2) is 5.82 Å². The molecule has 6 nitrogen and oxygen atoms in total. The second-order valence-corrected chi connectivity index (χ2v) is 6.65. The maximum Gasteiger partial charge on any atom is 0.165 e. The van der Waals surface area contributed by atoms with E-state index in [1.807, 2.05) is 13.0 Å². The normalized spacial score (nSPS) is 17.3. The van der Waals surface area contributed by atoms with Crippen LogP contribution in [0.4, 0.5) is 10.2 Å². The zero-order chi connectivity index (χ0) is 19.0. The van der Waals surface area contributed by atoms with Gasteiger partial charge in [-0.05, 0) is 26.0 Å². The fraction of sp³-hybridized carbons (Fsp3) is 0.350. The van der Waals surface area contributed by atoms with Gasteiger partial charge in [0.2, 0.25) is 0 Å². The molecule has 0 unspecified atom stereocenters. The first-order chi connectivity index (χ1) is 13.1. The Morgan fingerprint density at radius 2 is 2.11 bits per heavy atom. The molecule has 0 spiro atoms. The predicted molar refractivity (Wildman–Crippen MR) is 102 cm³/mol. The van der Waals surface area contributed by atoms with Crippen molar-refractivity contribution in [2.75, 3.05) is 31.8 Å². The van der Waals surface area contributed by atoms with Crippen LogP contribution in [-0.2, 0) is 4.74 Å². The summed E-state index contributed by atoms with van der Waals surface area (Å²) in [5, 5.41) is 0.825. The van der Waals surface area contributed by atoms with Crippen LogP contribution in [0.2, 0.25) is 0 Å². The standard InChI is InChI=1S/C20H21FN4O2/c1-12-11-27-7-6-25(12)19-9-18(26-3)16(10-22-19)20-23-13(2)15-5-4-14(21)8-17(15)24-20/h4-5,8-10,12H,6-7,11H2,1-3H3/t12-/m1/s1. The van der Waals surface area contributed by atoms with E-state index in [1.54, 1.807) is 19.4 Å². The second kappa shape index (κ2) is 7.08. The molecule has 2 aromatic heterocycles. The fourth-order valence-electron chi connectivity index (χ4n) is 3.37. The number of halogens is 1. The number of pyridine rings is 1. The molecule has 3 heterocycles. The Hall–Kier alpha value is -2.80. The lowest BCUT2D eigenvalue weighted by Crippen LogP contribution is -2.44. The monoisotopic (exact) mass is 368 g/mol. The molecule has 0 N–H and O–H groups in total. The molecule has 7 heteroatoms. The van der Waals surface area contributed by atoms with Gasteiger partial charge in [0.05, 0.1) is 37.4 Å². The summed E-state index contributed by atoms with van der Waals surface area (Å²) in [4.78, 5) is 15.9. The quantitative estimate of drug-likeness (QED) is 0.706. The summed E-state index contributed by atoms with van der Waals surface area (Å²) in [7, 11) is 1.61. The summed E-state index contributed by atoms with van der Waals surface area (Å²) < 4.78 is 24.7. The lowest BCUT2D eigenvalue weighted by atomic mass is 10.1. The Morgan fingerprint density at radius 1 is 1.26 bits per heavy atom. The minimum Gasteiger partial charge on any atom is -0.496 e. The Balaban J connectivity index is 1.78. The molecule has 0 bridgehead atoms. The number of hydrogen-bond acceptors (Lipinski definition) is 6. The number of fused-ring (bicyclic) bond motifs is 1. The van der Waals surface area contributed by atoms with Crippen LogP contribution >= 0.6 is 0 Å². The Morgan fingerprint density at radius 3 is 2.89 bits per heavy atom. The molecular weight excluding hydrogens is 347 g/mol. The topological polar surface area (TPSA) is 60.4 Å². The van der Waals surface area contributed by atoms with Crippen LogP contribution in [0.1, 0.15) is 12.6 Å². The van der Waals surface area contributed by atoms with Gasteiger partial charge in [-0.1, -0.05) is 0 Å². The van der Waals surface area contributed by atoms with Crippen LogP contribution in [0.3, 0.4) is 0 Å². The van der Waals surface area contributed by atoms with E-state index in [-0.39, 0.29) is 11.9 Å². The molecule has 27 heavy (non-hydrogen) atoms. The molecule has 1 aliphatic rings. The molecule has 0 saturated carbocycles. The van der Waals surface area contributed by atoms with Crippen molar-refractivity contribution in [2.24, 2.45) is 0 Å². The average Bonchev–Trinajstić information content (AvgIpc) is 2.67. The third-order valence-electron chi connectivity index (χ3n) is 4.82. The van der Waals surface area contributed by atoms with E-state index in [1.165, 1.54) is 12.1 Å². The molecule has 0 radical (unpaired) electrons. The zero-order valence-electron chi connectivity index (χ0n) is 15.6. The molecule has 1 saturated heterocycles. The highest BCUT2D eigenvalue weighted by atomic mass is 19.1. The average molecular weight is 368 g/mol. The number of hydrogen-bond donors (Lipinski definition) is 0. The molecule has 1 aromatic carbocycles.